The van der Waals surface area contributed by atoms with Crippen molar-refractivity contribution >= 4 is 23.7 Å². The summed E-state index contributed by atoms with van der Waals surface area (Å²) in [6, 6.07) is 10.9. The Morgan fingerprint density at radius 2 is 2.12 bits per heavy atom. The molecule has 0 saturated carbocycles. The molecule has 1 fully saturated rings. The van der Waals surface area contributed by atoms with Crippen molar-refractivity contribution in [3.8, 4) is 0 Å². The van der Waals surface area contributed by atoms with E-state index in [1.54, 1.807) is 11.3 Å². The van der Waals surface area contributed by atoms with Gasteiger partial charge in [0.15, 0.2) is 0 Å². The van der Waals surface area contributed by atoms with Gasteiger partial charge in [-0.3, -0.25) is 4.90 Å². The molecule has 0 spiro atoms. The number of halogens is 1. The van der Waals surface area contributed by atoms with Crippen LogP contribution in [-0.2, 0) is 6.54 Å². The summed E-state index contributed by atoms with van der Waals surface area (Å²) in [6.45, 7) is 10.1. The molecule has 0 aliphatic carbocycles. The number of thiazole rings is 1. The van der Waals surface area contributed by atoms with Crippen LogP contribution < -0.4 is 5.32 Å². The van der Waals surface area contributed by atoms with Crippen LogP contribution in [0.5, 0.6) is 0 Å². The summed E-state index contributed by atoms with van der Waals surface area (Å²) in [5.74, 6) is 1.34. The van der Waals surface area contributed by atoms with E-state index >= 15 is 0 Å². The van der Waals surface area contributed by atoms with Gasteiger partial charge in [-0.2, -0.15) is 0 Å². The molecule has 0 radical (unpaired) electrons. The fourth-order valence-electron chi connectivity index (χ4n) is 3.39. The van der Waals surface area contributed by atoms with Crippen molar-refractivity contribution in [2.75, 3.05) is 26.2 Å². The molecule has 2 heterocycles. The van der Waals surface area contributed by atoms with E-state index in [1.165, 1.54) is 35.6 Å². The number of nitrogens with one attached hydrogen (secondary N) is 1. The first-order valence-electron chi connectivity index (χ1n) is 8.59. The number of benzene rings is 1. The van der Waals surface area contributed by atoms with Crippen LogP contribution in [-0.4, -0.2) is 36.1 Å². The summed E-state index contributed by atoms with van der Waals surface area (Å²) in [5.41, 5.74) is 4.60. The van der Waals surface area contributed by atoms with Crippen LogP contribution in [0.15, 0.2) is 35.8 Å². The minimum atomic E-state index is 0. The van der Waals surface area contributed by atoms with Crippen molar-refractivity contribution < 1.29 is 0 Å². The molecule has 1 saturated heterocycles. The summed E-state index contributed by atoms with van der Waals surface area (Å²) in [6.07, 6.45) is 1.30. The second kappa shape index (κ2) is 9.52. The molecule has 1 aliphatic rings. The molecule has 1 aromatic heterocycles. The Bertz CT molecular complexity index is 596. The minimum Gasteiger partial charge on any atom is -0.316 e. The molecule has 5 heteroatoms. The number of rotatable bonds is 7. The van der Waals surface area contributed by atoms with Gasteiger partial charge in [0.05, 0.1) is 11.2 Å². The van der Waals surface area contributed by atoms with Gasteiger partial charge in [0.2, 0.25) is 0 Å². The molecule has 1 aliphatic heterocycles. The van der Waals surface area contributed by atoms with Gasteiger partial charge in [-0.25, -0.2) is 4.98 Å². The first kappa shape index (κ1) is 19.4. The Kier molecular flexibility index (Phi) is 7.69. The highest BCUT2D eigenvalue weighted by molar-refractivity contribution is 7.09. The third-order valence-electron chi connectivity index (χ3n) is 4.79. The lowest BCUT2D eigenvalue weighted by Crippen LogP contribution is -2.33. The lowest BCUT2D eigenvalue weighted by molar-refractivity contribution is 0.220. The van der Waals surface area contributed by atoms with Crippen molar-refractivity contribution in [3.05, 3.63) is 52.0 Å². The summed E-state index contributed by atoms with van der Waals surface area (Å²) >= 11 is 1.79. The Hall–Kier alpha value is -0.940. The highest BCUT2D eigenvalue weighted by Crippen LogP contribution is 2.22. The van der Waals surface area contributed by atoms with E-state index in [0.717, 1.165) is 25.6 Å². The smallest absolute Gasteiger partial charge is 0.0798 e. The SMILES string of the molecule is Cc1ncsc1CN(CC1CCNC1)CC(C)c1ccccc1.Cl. The van der Waals surface area contributed by atoms with E-state index in [4.69, 9.17) is 0 Å². The standard InChI is InChI=1S/C19H27N3S.ClH/c1-15(18-6-4-3-5-7-18)11-22(12-17-8-9-20-10-17)13-19-16(2)21-14-23-19;/h3-7,14-15,17,20H,8-13H2,1-2H3;1H. The van der Waals surface area contributed by atoms with E-state index in [1.807, 2.05) is 5.51 Å². The number of aromatic nitrogens is 1. The zero-order valence-corrected chi connectivity index (χ0v) is 16.2. The Labute approximate surface area is 155 Å². The highest BCUT2D eigenvalue weighted by atomic mass is 35.5. The van der Waals surface area contributed by atoms with Gasteiger partial charge in [0.1, 0.15) is 0 Å². The van der Waals surface area contributed by atoms with Crippen LogP contribution in [0.2, 0.25) is 0 Å². The molecule has 2 aromatic rings. The van der Waals surface area contributed by atoms with E-state index in [0.29, 0.717) is 5.92 Å². The third kappa shape index (κ3) is 5.28. The van der Waals surface area contributed by atoms with E-state index < -0.39 is 0 Å². The van der Waals surface area contributed by atoms with Crippen LogP contribution in [0.25, 0.3) is 0 Å². The first-order valence-corrected chi connectivity index (χ1v) is 9.47. The fourth-order valence-corrected chi connectivity index (χ4v) is 4.21. The molecule has 24 heavy (non-hydrogen) atoms. The van der Waals surface area contributed by atoms with Crippen molar-refractivity contribution in [2.24, 2.45) is 5.92 Å². The molecule has 132 valence electrons. The topological polar surface area (TPSA) is 28.2 Å². The Morgan fingerprint density at radius 3 is 2.75 bits per heavy atom. The molecular formula is C19H28ClN3S. The zero-order valence-electron chi connectivity index (χ0n) is 14.6. The second-order valence-electron chi connectivity index (χ2n) is 6.73. The third-order valence-corrected chi connectivity index (χ3v) is 5.71. The summed E-state index contributed by atoms with van der Waals surface area (Å²) < 4.78 is 0. The van der Waals surface area contributed by atoms with Gasteiger partial charge in [-0.15, -0.1) is 23.7 Å². The molecule has 2 unspecified atom stereocenters. The Balaban J connectivity index is 0.00000208. The van der Waals surface area contributed by atoms with Gasteiger partial charge >= 0.3 is 0 Å². The lowest BCUT2D eigenvalue weighted by Gasteiger charge is -2.28. The lowest BCUT2D eigenvalue weighted by atomic mass is 9.99. The van der Waals surface area contributed by atoms with Gasteiger partial charge in [0, 0.05) is 24.5 Å². The van der Waals surface area contributed by atoms with Gasteiger partial charge in [0.25, 0.3) is 0 Å². The van der Waals surface area contributed by atoms with Crippen LogP contribution in [0.1, 0.15) is 35.4 Å². The van der Waals surface area contributed by atoms with Crippen molar-refractivity contribution in [2.45, 2.75) is 32.7 Å². The fraction of sp³-hybridized carbons (Fsp3) is 0.526. The van der Waals surface area contributed by atoms with E-state index in [2.05, 4.69) is 59.4 Å². The predicted molar refractivity (Wildman–Crippen MR) is 105 cm³/mol. The molecule has 2 atom stereocenters. The highest BCUT2D eigenvalue weighted by Gasteiger charge is 2.21. The predicted octanol–water partition coefficient (Wildman–Crippen LogP) is 4.09. The normalized spacial score (nSPS) is 18.5. The second-order valence-corrected chi connectivity index (χ2v) is 7.66. The summed E-state index contributed by atoms with van der Waals surface area (Å²) in [4.78, 5) is 8.47. The van der Waals surface area contributed by atoms with E-state index in [9.17, 15) is 0 Å². The van der Waals surface area contributed by atoms with Crippen LogP contribution >= 0.6 is 23.7 Å². The molecule has 0 bridgehead atoms. The zero-order chi connectivity index (χ0) is 16.1. The van der Waals surface area contributed by atoms with Crippen molar-refractivity contribution in [1.82, 2.24) is 15.2 Å². The van der Waals surface area contributed by atoms with Crippen LogP contribution in [0.3, 0.4) is 0 Å². The largest absolute Gasteiger partial charge is 0.316 e. The average Bonchev–Trinajstić information content (AvgIpc) is 3.21. The van der Waals surface area contributed by atoms with Crippen molar-refractivity contribution in [1.29, 1.82) is 0 Å². The van der Waals surface area contributed by atoms with Gasteiger partial charge < -0.3 is 5.32 Å². The maximum atomic E-state index is 4.42. The quantitative estimate of drug-likeness (QED) is 0.801. The summed E-state index contributed by atoms with van der Waals surface area (Å²) in [7, 11) is 0. The van der Waals surface area contributed by atoms with Gasteiger partial charge in [-0.05, 0) is 43.8 Å². The average molecular weight is 366 g/mol. The maximum Gasteiger partial charge on any atom is 0.0798 e. The summed E-state index contributed by atoms with van der Waals surface area (Å²) in [5, 5.41) is 3.50. The molecule has 3 nitrogen and oxygen atoms in total. The number of hydrogen-bond donors (Lipinski definition) is 1. The Morgan fingerprint density at radius 1 is 1.33 bits per heavy atom. The monoisotopic (exact) mass is 365 g/mol. The van der Waals surface area contributed by atoms with Crippen LogP contribution in [0.4, 0.5) is 0 Å². The molecule has 1 N–H and O–H groups in total. The number of nitrogens with zero attached hydrogens (tertiary/aromatic N) is 2. The maximum absolute atomic E-state index is 4.42. The molecular weight excluding hydrogens is 338 g/mol. The first-order chi connectivity index (χ1) is 11.2. The van der Waals surface area contributed by atoms with Crippen molar-refractivity contribution in [3.63, 3.8) is 0 Å². The van der Waals surface area contributed by atoms with E-state index in [-0.39, 0.29) is 12.4 Å². The molecule has 1 aromatic carbocycles. The van der Waals surface area contributed by atoms with Gasteiger partial charge in [-0.1, -0.05) is 37.3 Å². The van der Waals surface area contributed by atoms with Crippen LogP contribution in [0, 0.1) is 12.8 Å². The minimum absolute atomic E-state index is 0. The number of aryl methyl sites for hydroxylation is 1. The number of hydrogen-bond acceptors (Lipinski definition) is 4. The molecule has 3 rings (SSSR count). The molecule has 0 amide bonds.